The molecule has 2 aromatic heterocycles. The molecule has 2 amide bonds. The number of fused-ring (bicyclic) bond motifs is 1. The topological polar surface area (TPSA) is 136 Å². The maximum atomic E-state index is 13.9. The van der Waals surface area contributed by atoms with Gasteiger partial charge in [-0.3, -0.25) is 14.6 Å². The number of carbonyl (C=O) groups is 2. The van der Waals surface area contributed by atoms with Gasteiger partial charge >= 0.3 is 0 Å². The van der Waals surface area contributed by atoms with Crippen LogP contribution in [0.25, 0.3) is 11.4 Å². The molecule has 4 aromatic rings. The molecule has 1 aliphatic rings. The second-order valence-electron chi connectivity index (χ2n) is 11.6. The number of aliphatic hydroxyl groups excluding tert-OH is 2. The van der Waals surface area contributed by atoms with Gasteiger partial charge in [-0.2, -0.15) is 5.10 Å². The fourth-order valence-corrected chi connectivity index (χ4v) is 5.52. The Morgan fingerprint density at radius 3 is 2.28 bits per heavy atom. The number of rotatable bonds is 11. The molecule has 0 saturated carbocycles. The van der Waals surface area contributed by atoms with Gasteiger partial charge in [0.15, 0.2) is 5.69 Å². The fraction of sp³-hybridized carbons (Fsp3) is 0.389. The van der Waals surface area contributed by atoms with Crippen LogP contribution in [-0.2, 0) is 38.1 Å². The first kappa shape index (κ1) is 37.5. The van der Waals surface area contributed by atoms with Crippen molar-refractivity contribution in [3.63, 3.8) is 0 Å². The molecule has 1 radical (unpaired) electrons. The van der Waals surface area contributed by atoms with E-state index in [1.54, 1.807) is 52.3 Å². The van der Waals surface area contributed by atoms with Crippen molar-refractivity contribution in [3.05, 3.63) is 112 Å². The molecule has 3 heterocycles. The molecule has 0 aliphatic carbocycles. The predicted molar refractivity (Wildman–Crippen MR) is 179 cm³/mol. The van der Waals surface area contributed by atoms with E-state index >= 15 is 0 Å². The first-order valence-corrected chi connectivity index (χ1v) is 16.0. The molecule has 0 spiro atoms. The predicted octanol–water partition coefficient (Wildman–Crippen LogP) is 6.04. The number of nitrogens with zero attached hydrogens (tertiary/aromatic N) is 5. The first-order valence-electron chi connectivity index (χ1n) is 16.0. The van der Waals surface area contributed by atoms with Crippen molar-refractivity contribution in [2.45, 2.75) is 72.1 Å². The van der Waals surface area contributed by atoms with Gasteiger partial charge in [-0.05, 0) is 61.1 Å². The van der Waals surface area contributed by atoms with Crippen LogP contribution in [0.3, 0.4) is 0 Å². The summed E-state index contributed by atoms with van der Waals surface area (Å²) in [6.45, 7) is 7.77. The van der Waals surface area contributed by atoms with Gasteiger partial charge in [0.2, 0.25) is 0 Å². The average Bonchev–Trinajstić information content (AvgIpc) is 3.48. The number of aromatic nitrogens is 3. The van der Waals surface area contributed by atoms with Crippen LogP contribution in [0.5, 0.6) is 0 Å². The third kappa shape index (κ3) is 9.54. The minimum absolute atomic E-state index is 0. The van der Waals surface area contributed by atoms with Crippen LogP contribution in [-0.4, -0.2) is 72.3 Å². The molecule has 0 bridgehead atoms. The fourth-order valence-electron chi connectivity index (χ4n) is 5.52. The Balaban J connectivity index is 0.000000583. The summed E-state index contributed by atoms with van der Waals surface area (Å²) in [6, 6.07) is 17.9. The van der Waals surface area contributed by atoms with Crippen LogP contribution in [0, 0.1) is 6.92 Å². The third-order valence-corrected chi connectivity index (χ3v) is 8.14. The zero-order chi connectivity index (χ0) is 33.1. The van der Waals surface area contributed by atoms with Gasteiger partial charge < -0.3 is 25.7 Å². The number of unbranched alkanes of at least 4 members (excludes halogenated alkanes) is 2. The van der Waals surface area contributed by atoms with E-state index in [1.165, 1.54) is 0 Å². The van der Waals surface area contributed by atoms with Crippen molar-refractivity contribution in [1.82, 2.24) is 24.6 Å². The summed E-state index contributed by atoms with van der Waals surface area (Å²) in [6.07, 6.45) is 7.76. The molecule has 1 atom stereocenters. The Labute approximate surface area is 289 Å². The molecule has 47 heavy (non-hydrogen) atoms. The molecule has 3 N–H and O–H groups in total. The Morgan fingerprint density at radius 1 is 0.979 bits per heavy atom. The summed E-state index contributed by atoms with van der Waals surface area (Å²) in [4.78, 5) is 34.7. The SMILES string of the molecule is CCCCN(CCCC)C(=O)c1cc(C)n(-c2ccc([NH-])cc2C(=O)N2Cc3ccccc3C[C@H]2CO)n1.OCc1cccnc1.[V]. The molecule has 2 aromatic carbocycles. The summed E-state index contributed by atoms with van der Waals surface area (Å²) in [5, 5.41) is 23.3. The number of hydrogen-bond donors (Lipinski definition) is 2. The van der Waals surface area contributed by atoms with Gasteiger partial charge in [-0.15, -0.1) is 5.69 Å². The molecule has 0 unspecified atom stereocenters. The standard InChI is InChI=1S/C30H38N5O3.C6H7NO.V/c1-4-6-14-33(15-7-5-2)30(38)27-16-21(3)35(32-27)28-13-12-24(31)18-26(28)29(37)34-19-23-11-9-8-10-22(23)17-25(34)20-36;8-5-6-2-1-3-7-4-6;/h8-13,16,18,25,31,36H,4-7,14-15,17,19-20H2,1-3H3;1-4,8H,5H2;/q-1;;/t25-;;/m0../s1. The number of amides is 2. The maximum absolute atomic E-state index is 13.9. The van der Waals surface area contributed by atoms with Crippen LogP contribution in [0.4, 0.5) is 5.69 Å². The van der Waals surface area contributed by atoms with Crippen molar-refractivity contribution >= 4 is 17.5 Å². The van der Waals surface area contributed by atoms with Crippen LogP contribution >= 0.6 is 0 Å². The van der Waals surface area contributed by atoms with E-state index in [2.05, 4.69) is 23.9 Å². The van der Waals surface area contributed by atoms with Gasteiger partial charge in [0, 0.05) is 56.3 Å². The minimum atomic E-state index is -0.360. The van der Waals surface area contributed by atoms with Crippen LogP contribution in [0.1, 0.15) is 82.8 Å². The summed E-state index contributed by atoms with van der Waals surface area (Å²) < 4.78 is 1.63. The van der Waals surface area contributed by atoms with Crippen molar-refractivity contribution in [1.29, 1.82) is 0 Å². The summed E-state index contributed by atoms with van der Waals surface area (Å²) in [7, 11) is 0. The molecule has 1 aliphatic heterocycles. The zero-order valence-corrected chi connectivity index (χ0v) is 28.9. The summed E-state index contributed by atoms with van der Waals surface area (Å²) >= 11 is 0. The van der Waals surface area contributed by atoms with Crippen LogP contribution < -0.4 is 0 Å². The van der Waals surface area contributed by atoms with Crippen molar-refractivity contribution in [3.8, 4) is 5.69 Å². The summed E-state index contributed by atoms with van der Waals surface area (Å²) in [5.41, 5.74) is 13.4. The molecule has 11 heteroatoms. The number of carbonyl (C=O) groups excluding carboxylic acids is 2. The van der Waals surface area contributed by atoms with Crippen molar-refractivity contribution < 1.29 is 38.4 Å². The third-order valence-electron chi connectivity index (χ3n) is 8.14. The van der Waals surface area contributed by atoms with E-state index in [9.17, 15) is 14.7 Å². The molecule has 5 rings (SSSR count). The number of nitrogens with one attached hydrogen (secondary N) is 1. The average molecular weight is 677 g/mol. The number of aliphatic hydroxyl groups is 2. The van der Waals surface area contributed by atoms with Crippen molar-refractivity contribution in [2.24, 2.45) is 0 Å². The quantitative estimate of drug-likeness (QED) is 0.199. The molecule has 0 saturated heterocycles. The molecular formula is C36H45N6O4V-. The van der Waals surface area contributed by atoms with Crippen LogP contribution in [0.15, 0.2) is 73.1 Å². The van der Waals surface area contributed by atoms with E-state index in [0.717, 1.165) is 48.1 Å². The zero-order valence-electron chi connectivity index (χ0n) is 27.5. The second kappa shape index (κ2) is 18.4. The Kier molecular flexibility index (Phi) is 14.7. The van der Waals surface area contributed by atoms with Gasteiger partial charge in [-0.1, -0.05) is 69.2 Å². The smallest absolute Gasteiger partial charge is 0.274 e. The molecule has 10 nitrogen and oxygen atoms in total. The normalized spacial score (nSPS) is 13.6. The molecule has 249 valence electrons. The molecular weight excluding hydrogens is 631 g/mol. The van der Waals surface area contributed by atoms with E-state index in [4.69, 9.17) is 10.8 Å². The molecule has 0 fully saturated rings. The Morgan fingerprint density at radius 2 is 1.68 bits per heavy atom. The number of benzene rings is 2. The maximum Gasteiger partial charge on any atom is 0.274 e. The van der Waals surface area contributed by atoms with Gasteiger partial charge in [0.1, 0.15) is 0 Å². The van der Waals surface area contributed by atoms with E-state index in [1.807, 2.05) is 42.2 Å². The van der Waals surface area contributed by atoms with Crippen molar-refractivity contribution in [2.75, 3.05) is 19.7 Å². The van der Waals surface area contributed by atoms with E-state index in [0.29, 0.717) is 43.0 Å². The Bertz CT molecular complexity index is 1590. The van der Waals surface area contributed by atoms with Crippen LogP contribution in [0.2, 0.25) is 0 Å². The number of aryl methyl sites for hydroxylation is 1. The van der Waals surface area contributed by atoms with Gasteiger partial charge in [0.05, 0.1) is 30.5 Å². The second-order valence-corrected chi connectivity index (χ2v) is 11.6. The first-order chi connectivity index (χ1) is 22.3. The number of pyridine rings is 1. The minimum Gasteiger partial charge on any atom is -0.699 e. The van der Waals surface area contributed by atoms with E-state index < -0.39 is 0 Å². The van der Waals surface area contributed by atoms with E-state index in [-0.39, 0.29) is 55.3 Å². The summed E-state index contributed by atoms with van der Waals surface area (Å²) in [5.74, 6) is -0.371. The Hall–Kier alpha value is -3.96. The van der Waals surface area contributed by atoms with Gasteiger partial charge in [0.25, 0.3) is 11.8 Å². The largest absolute Gasteiger partial charge is 0.699 e. The van der Waals surface area contributed by atoms with Gasteiger partial charge in [-0.25, -0.2) is 4.68 Å². The monoisotopic (exact) mass is 676 g/mol. The number of hydrogen-bond acceptors (Lipinski definition) is 6.